The van der Waals surface area contributed by atoms with E-state index in [0.29, 0.717) is 0 Å². The van der Waals surface area contributed by atoms with Crippen LogP contribution in [0.1, 0.15) is 35.2 Å². The summed E-state index contributed by atoms with van der Waals surface area (Å²) in [6, 6.07) is 5.98. The minimum Gasteiger partial charge on any atom is -0.325 e. The molecule has 0 radical (unpaired) electrons. The van der Waals surface area contributed by atoms with E-state index >= 15 is 0 Å². The molecule has 1 fully saturated rings. The number of piperazine rings is 1. The van der Waals surface area contributed by atoms with Crippen LogP contribution in [0.2, 0.25) is 0 Å². The van der Waals surface area contributed by atoms with Crippen LogP contribution in [0.15, 0.2) is 28.0 Å². The molecule has 0 saturated carbocycles. The third kappa shape index (κ3) is 4.96. The van der Waals surface area contributed by atoms with Gasteiger partial charge >= 0.3 is 5.69 Å². The van der Waals surface area contributed by atoms with Gasteiger partial charge in [0.1, 0.15) is 5.03 Å². The topological polar surface area (TPSA) is 70.5 Å². The standard InChI is InChI=1S/C23H31N5O2S/c1-16-8-9-19(17(2)14-16)24-21(29)15-31-22-18-6-4-5-7-20(18)28(23(30)25-22)27-12-10-26(3)11-13-27/h8-9,14H,4-7,10-13,15H2,1-3H3,(H,24,29). The maximum atomic E-state index is 13.0. The Morgan fingerprint density at radius 3 is 2.61 bits per heavy atom. The number of aryl methyl sites for hydroxylation is 2. The normalized spacial score (nSPS) is 16.8. The van der Waals surface area contributed by atoms with Gasteiger partial charge in [0.05, 0.1) is 11.4 Å². The van der Waals surface area contributed by atoms with Crippen molar-refractivity contribution in [3.8, 4) is 0 Å². The van der Waals surface area contributed by atoms with E-state index in [0.717, 1.165) is 79.4 Å². The van der Waals surface area contributed by atoms with E-state index in [1.54, 1.807) is 0 Å². The highest BCUT2D eigenvalue weighted by Crippen LogP contribution is 2.29. The van der Waals surface area contributed by atoms with E-state index in [1.165, 1.54) is 17.3 Å². The average Bonchev–Trinajstić information content (AvgIpc) is 2.75. The number of benzene rings is 1. The predicted octanol–water partition coefficient (Wildman–Crippen LogP) is 2.35. The van der Waals surface area contributed by atoms with Crippen LogP contribution in [0.3, 0.4) is 0 Å². The molecule has 0 bridgehead atoms. The smallest absolute Gasteiger partial charge is 0.325 e. The molecule has 4 rings (SSSR count). The fourth-order valence-corrected chi connectivity index (χ4v) is 5.23. The Hall–Kier alpha value is -2.32. The molecule has 8 heteroatoms. The van der Waals surface area contributed by atoms with Crippen LogP contribution in [0.4, 0.5) is 5.69 Å². The lowest BCUT2D eigenvalue weighted by molar-refractivity contribution is -0.113. The maximum Gasteiger partial charge on any atom is 0.367 e. The van der Waals surface area contributed by atoms with Crippen LogP contribution in [0, 0.1) is 13.8 Å². The van der Waals surface area contributed by atoms with Crippen molar-refractivity contribution in [1.82, 2.24) is 14.6 Å². The van der Waals surface area contributed by atoms with Crippen LogP contribution in [-0.2, 0) is 17.6 Å². The van der Waals surface area contributed by atoms with Crippen molar-refractivity contribution in [1.29, 1.82) is 0 Å². The van der Waals surface area contributed by atoms with Gasteiger partial charge in [-0.3, -0.25) is 4.79 Å². The van der Waals surface area contributed by atoms with Crippen LogP contribution < -0.4 is 16.0 Å². The second-order valence-electron chi connectivity index (χ2n) is 8.56. The Bertz CT molecular complexity index is 1030. The molecule has 166 valence electrons. The lowest BCUT2D eigenvalue weighted by atomic mass is 9.97. The number of thioether (sulfide) groups is 1. The molecule has 2 heterocycles. The van der Waals surface area contributed by atoms with Crippen molar-refractivity contribution < 1.29 is 4.79 Å². The predicted molar refractivity (Wildman–Crippen MR) is 126 cm³/mol. The van der Waals surface area contributed by atoms with E-state index in [1.807, 2.05) is 30.7 Å². The summed E-state index contributed by atoms with van der Waals surface area (Å²) in [6.45, 7) is 7.57. The van der Waals surface area contributed by atoms with Crippen LogP contribution >= 0.6 is 11.8 Å². The molecule has 1 N–H and O–H groups in total. The Morgan fingerprint density at radius 2 is 1.87 bits per heavy atom. The van der Waals surface area contributed by atoms with E-state index in [4.69, 9.17) is 0 Å². The monoisotopic (exact) mass is 441 g/mol. The number of nitrogens with one attached hydrogen (secondary N) is 1. The third-order valence-corrected chi connectivity index (χ3v) is 7.11. The second kappa shape index (κ2) is 9.44. The molecule has 7 nitrogen and oxygen atoms in total. The lowest BCUT2D eigenvalue weighted by Gasteiger charge is -2.37. The van der Waals surface area contributed by atoms with Gasteiger partial charge in [-0.25, -0.2) is 9.47 Å². The fraction of sp³-hybridized carbons (Fsp3) is 0.522. The Labute approximate surface area is 187 Å². The van der Waals surface area contributed by atoms with Gasteiger partial charge in [0, 0.05) is 37.4 Å². The molecule has 0 atom stereocenters. The number of rotatable bonds is 5. The van der Waals surface area contributed by atoms with Gasteiger partial charge in [-0.1, -0.05) is 29.5 Å². The van der Waals surface area contributed by atoms with E-state index in [9.17, 15) is 9.59 Å². The number of hydrogen-bond acceptors (Lipinski definition) is 6. The summed E-state index contributed by atoms with van der Waals surface area (Å²) < 4.78 is 1.82. The second-order valence-corrected chi connectivity index (χ2v) is 9.52. The quantitative estimate of drug-likeness (QED) is 0.567. The number of aromatic nitrogens is 2. The number of anilines is 1. The zero-order valence-corrected chi connectivity index (χ0v) is 19.4. The summed E-state index contributed by atoms with van der Waals surface area (Å²) in [5, 5.41) is 5.85. The van der Waals surface area contributed by atoms with Gasteiger partial charge in [0.25, 0.3) is 0 Å². The molecule has 1 aromatic carbocycles. The summed E-state index contributed by atoms with van der Waals surface area (Å²) in [4.78, 5) is 32.3. The summed E-state index contributed by atoms with van der Waals surface area (Å²) >= 11 is 1.38. The maximum absolute atomic E-state index is 13.0. The number of fused-ring (bicyclic) bond motifs is 1. The number of hydrogen-bond donors (Lipinski definition) is 1. The van der Waals surface area contributed by atoms with Crippen molar-refractivity contribution in [2.45, 2.75) is 44.6 Å². The lowest BCUT2D eigenvalue weighted by Crippen LogP contribution is -2.54. The molecule has 1 aliphatic heterocycles. The first-order chi connectivity index (χ1) is 14.9. The van der Waals surface area contributed by atoms with Crippen LogP contribution in [0.25, 0.3) is 0 Å². The first-order valence-electron chi connectivity index (χ1n) is 11.0. The first-order valence-corrected chi connectivity index (χ1v) is 12.0. The van der Waals surface area contributed by atoms with Gasteiger partial charge in [0.15, 0.2) is 0 Å². The molecule has 1 amide bonds. The molecular formula is C23H31N5O2S. The van der Waals surface area contributed by atoms with Gasteiger partial charge in [-0.05, 0) is 58.2 Å². The third-order valence-electron chi connectivity index (χ3n) is 6.09. The molecule has 0 spiro atoms. The van der Waals surface area contributed by atoms with Gasteiger partial charge in [-0.2, -0.15) is 4.98 Å². The van der Waals surface area contributed by atoms with Crippen molar-refractivity contribution in [2.75, 3.05) is 49.3 Å². The average molecular weight is 442 g/mol. The summed E-state index contributed by atoms with van der Waals surface area (Å²) in [6.07, 6.45) is 3.98. The zero-order valence-electron chi connectivity index (χ0n) is 18.6. The van der Waals surface area contributed by atoms with Crippen molar-refractivity contribution >= 4 is 23.4 Å². The minimum atomic E-state index is -0.220. The van der Waals surface area contributed by atoms with Crippen molar-refractivity contribution in [3.63, 3.8) is 0 Å². The summed E-state index contributed by atoms with van der Waals surface area (Å²) in [7, 11) is 2.11. The van der Waals surface area contributed by atoms with Gasteiger partial charge in [0.2, 0.25) is 5.91 Å². The Balaban J connectivity index is 1.51. The number of likely N-dealkylation sites (N-methyl/N-ethyl adjacent to an activating group) is 1. The number of carbonyl (C=O) groups excluding carboxylic acids is 1. The van der Waals surface area contributed by atoms with E-state index < -0.39 is 0 Å². The van der Waals surface area contributed by atoms with Crippen molar-refractivity contribution in [3.05, 3.63) is 51.1 Å². The molecule has 1 saturated heterocycles. The SMILES string of the molecule is Cc1ccc(NC(=O)CSc2nc(=O)n(N3CCN(C)CC3)c3c2CCCC3)c(C)c1. The zero-order chi connectivity index (χ0) is 22.0. The van der Waals surface area contributed by atoms with Gasteiger partial charge in [-0.15, -0.1) is 0 Å². The van der Waals surface area contributed by atoms with Crippen molar-refractivity contribution in [2.24, 2.45) is 0 Å². The Kier molecular flexibility index (Phi) is 6.67. The highest BCUT2D eigenvalue weighted by atomic mass is 32.2. The van der Waals surface area contributed by atoms with Gasteiger partial charge < -0.3 is 15.2 Å². The molecule has 0 unspecified atom stereocenters. The summed E-state index contributed by atoms with van der Waals surface area (Å²) in [5.74, 6) is 0.164. The number of amides is 1. The number of carbonyl (C=O) groups is 1. The van der Waals surface area contributed by atoms with E-state index in [-0.39, 0.29) is 17.3 Å². The molecular weight excluding hydrogens is 410 g/mol. The number of nitrogens with zero attached hydrogens (tertiary/aromatic N) is 4. The first kappa shape index (κ1) is 21.9. The van der Waals surface area contributed by atoms with Crippen LogP contribution in [0.5, 0.6) is 0 Å². The molecule has 1 aliphatic carbocycles. The van der Waals surface area contributed by atoms with Crippen LogP contribution in [-0.4, -0.2) is 59.4 Å². The minimum absolute atomic E-state index is 0.0773. The summed E-state index contributed by atoms with van der Waals surface area (Å²) in [5.41, 5.74) is 5.06. The highest BCUT2D eigenvalue weighted by Gasteiger charge is 2.25. The largest absolute Gasteiger partial charge is 0.367 e. The molecule has 2 aromatic rings. The Morgan fingerprint density at radius 1 is 1.13 bits per heavy atom. The van der Waals surface area contributed by atoms with E-state index in [2.05, 4.69) is 33.3 Å². The molecule has 2 aliphatic rings. The molecule has 31 heavy (non-hydrogen) atoms. The molecule has 1 aromatic heterocycles. The highest BCUT2D eigenvalue weighted by molar-refractivity contribution is 8.00. The fourth-order valence-electron chi connectivity index (χ4n) is 4.35.